The van der Waals surface area contributed by atoms with E-state index in [9.17, 15) is 5.26 Å². The summed E-state index contributed by atoms with van der Waals surface area (Å²) >= 11 is 0. The van der Waals surface area contributed by atoms with Crippen molar-refractivity contribution in [2.45, 2.75) is 0 Å². The minimum atomic E-state index is 0.566. The standard InChI is InChI=1S/C61H42N6/c1-63-58(46-22-10-4-11-23-46)64-57(45-20-8-3-9-21-45)55-36-35-53(43-18-6-2-7-19-43)40-56(55)44-31-33-48(34-32-44)60-65-59(47-24-12-5-13-25-47)66-61(67-60)54-30-16-29-52(39-54)51-28-15-27-50(38-51)49-26-14-17-42(37-49)41-62/h2-40H,1H3. The molecule has 0 saturated carbocycles. The number of rotatable bonds is 10. The molecule has 0 N–H and O–H groups in total. The van der Waals surface area contributed by atoms with Crippen LogP contribution in [-0.2, 0) is 0 Å². The molecule has 6 heteroatoms. The van der Waals surface area contributed by atoms with Crippen LogP contribution in [0.25, 0.3) is 78.7 Å². The Hall–Kier alpha value is -9.18. The minimum Gasteiger partial charge on any atom is -0.270 e. The molecule has 1 heterocycles. The van der Waals surface area contributed by atoms with Gasteiger partial charge in [0.15, 0.2) is 23.3 Å². The van der Waals surface area contributed by atoms with Gasteiger partial charge in [0.1, 0.15) is 0 Å². The lowest BCUT2D eigenvalue weighted by molar-refractivity contribution is 1.07. The first-order valence-corrected chi connectivity index (χ1v) is 22.1. The van der Waals surface area contributed by atoms with Crippen LogP contribution in [0.3, 0.4) is 0 Å². The molecule has 67 heavy (non-hydrogen) atoms. The number of amidine groups is 1. The summed E-state index contributed by atoms with van der Waals surface area (Å²) in [5.41, 5.74) is 15.3. The van der Waals surface area contributed by atoms with Crippen molar-refractivity contribution in [1.82, 2.24) is 15.0 Å². The van der Waals surface area contributed by atoms with Crippen LogP contribution in [0.5, 0.6) is 0 Å². The summed E-state index contributed by atoms with van der Waals surface area (Å²) in [7, 11) is 1.79. The van der Waals surface area contributed by atoms with Crippen LogP contribution in [0.4, 0.5) is 0 Å². The summed E-state index contributed by atoms with van der Waals surface area (Å²) in [6, 6.07) is 82.6. The van der Waals surface area contributed by atoms with Crippen molar-refractivity contribution in [1.29, 1.82) is 5.26 Å². The Morgan fingerprint density at radius 1 is 0.373 bits per heavy atom. The molecule has 1 aromatic heterocycles. The van der Waals surface area contributed by atoms with Crippen molar-refractivity contribution in [3.05, 3.63) is 259 Å². The van der Waals surface area contributed by atoms with E-state index in [0.717, 1.165) is 83.6 Å². The second kappa shape index (κ2) is 19.3. The Bertz CT molecular complexity index is 3450. The molecule has 316 valence electrons. The molecule has 0 aliphatic rings. The third kappa shape index (κ3) is 9.26. The van der Waals surface area contributed by atoms with Crippen LogP contribution in [0.1, 0.15) is 22.3 Å². The van der Waals surface area contributed by atoms with Crippen molar-refractivity contribution < 1.29 is 0 Å². The lowest BCUT2D eigenvalue weighted by Crippen LogP contribution is -2.10. The number of hydrogen-bond acceptors (Lipinski definition) is 5. The largest absolute Gasteiger partial charge is 0.270 e. The van der Waals surface area contributed by atoms with E-state index in [2.05, 4.69) is 120 Å². The Balaban J connectivity index is 1.07. The Labute approximate surface area is 390 Å². The molecule has 0 spiro atoms. The van der Waals surface area contributed by atoms with Crippen LogP contribution >= 0.6 is 0 Å². The normalized spacial score (nSPS) is 11.5. The van der Waals surface area contributed by atoms with Gasteiger partial charge in [0, 0.05) is 40.4 Å². The van der Waals surface area contributed by atoms with Crippen molar-refractivity contribution in [2.75, 3.05) is 7.05 Å². The topological polar surface area (TPSA) is 87.2 Å². The van der Waals surface area contributed by atoms with Gasteiger partial charge in [-0.15, -0.1) is 0 Å². The Morgan fingerprint density at radius 3 is 1.37 bits per heavy atom. The first-order valence-electron chi connectivity index (χ1n) is 22.1. The van der Waals surface area contributed by atoms with Crippen molar-refractivity contribution in [3.63, 3.8) is 0 Å². The monoisotopic (exact) mass is 858 g/mol. The molecular formula is C61H42N6. The highest BCUT2D eigenvalue weighted by Crippen LogP contribution is 2.35. The zero-order valence-corrected chi connectivity index (χ0v) is 36.7. The van der Waals surface area contributed by atoms with Crippen molar-refractivity contribution in [3.8, 4) is 84.7 Å². The highest BCUT2D eigenvalue weighted by Gasteiger charge is 2.19. The van der Waals surface area contributed by atoms with E-state index >= 15 is 0 Å². The lowest BCUT2D eigenvalue weighted by atomic mass is 9.89. The number of hydrogen-bond donors (Lipinski definition) is 0. The maximum Gasteiger partial charge on any atom is 0.164 e. The molecule has 0 radical (unpaired) electrons. The number of nitrogens with zero attached hydrogens (tertiary/aromatic N) is 6. The maximum atomic E-state index is 9.52. The fourth-order valence-electron chi connectivity index (χ4n) is 8.25. The SMILES string of the molecule is CN=C(N=C(c1ccccc1)c1ccc(-c2ccccc2)cc1-c1ccc(-c2nc(-c3ccccc3)nc(-c3cccc(-c4cccc(-c5cccc(C#N)c5)c4)c3)n2)cc1)c1ccccc1. The molecule has 6 nitrogen and oxygen atoms in total. The molecule has 0 bridgehead atoms. The summed E-state index contributed by atoms with van der Waals surface area (Å²) in [5, 5.41) is 9.52. The van der Waals surface area contributed by atoms with Crippen LogP contribution in [0.15, 0.2) is 247 Å². The van der Waals surface area contributed by atoms with Gasteiger partial charge in [-0.3, -0.25) is 4.99 Å². The fraction of sp³-hybridized carbons (Fsp3) is 0.0164. The Kier molecular flexibility index (Phi) is 12.0. The van der Waals surface area contributed by atoms with E-state index in [0.29, 0.717) is 28.9 Å². The lowest BCUT2D eigenvalue weighted by Gasteiger charge is -2.16. The van der Waals surface area contributed by atoms with Gasteiger partial charge in [-0.25, -0.2) is 19.9 Å². The van der Waals surface area contributed by atoms with E-state index in [-0.39, 0.29) is 0 Å². The number of benzene rings is 9. The highest BCUT2D eigenvalue weighted by molar-refractivity contribution is 6.22. The summed E-state index contributed by atoms with van der Waals surface area (Å²) in [5.74, 6) is 2.37. The number of nitriles is 1. The molecule has 10 aromatic rings. The summed E-state index contributed by atoms with van der Waals surface area (Å²) < 4.78 is 0. The van der Waals surface area contributed by atoms with E-state index in [1.54, 1.807) is 7.05 Å². The zero-order valence-electron chi connectivity index (χ0n) is 36.7. The Morgan fingerprint density at radius 2 is 0.791 bits per heavy atom. The average molecular weight is 859 g/mol. The van der Waals surface area contributed by atoms with Crippen LogP contribution in [0, 0.1) is 11.3 Å². The maximum absolute atomic E-state index is 9.52. The van der Waals surface area contributed by atoms with Gasteiger partial charge in [-0.1, -0.05) is 206 Å². The van der Waals surface area contributed by atoms with E-state index in [1.807, 2.05) is 127 Å². The average Bonchev–Trinajstić information content (AvgIpc) is 3.42. The highest BCUT2D eigenvalue weighted by atomic mass is 15.0. The number of aliphatic imine (C=N–C) groups is 2. The van der Waals surface area contributed by atoms with Crippen LogP contribution < -0.4 is 0 Å². The van der Waals surface area contributed by atoms with Gasteiger partial charge in [0.25, 0.3) is 0 Å². The van der Waals surface area contributed by atoms with Crippen LogP contribution in [-0.4, -0.2) is 33.5 Å². The third-order valence-corrected chi connectivity index (χ3v) is 11.7. The molecule has 0 fully saturated rings. The quantitative estimate of drug-likeness (QED) is 0.101. The zero-order chi connectivity index (χ0) is 45.4. The third-order valence-electron chi connectivity index (χ3n) is 11.7. The molecule has 0 aliphatic heterocycles. The number of aromatic nitrogens is 3. The minimum absolute atomic E-state index is 0.566. The first-order chi connectivity index (χ1) is 33.1. The van der Waals surface area contributed by atoms with E-state index < -0.39 is 0 Å². The molecule has 0 amide bonds. The van der Waals surface area contributed by atoms with Gasteiger partial charge < -0.3 is 0 Å². The summed E-state index contributed by atoms with van der Waals surface area (Å²) in [4.78, 5) is 25.3. The fourth-order valence-corrected chi connectivity index (χ4v) is 8.25. The molecule has 0 atom stereocenters. The smallest absolute Gasteiger partial charge is 0.164 e. The predicted octanol–water partition coefficient (Wildman–Crippen LogP) is 14.3. The summed E-state index contributed by atoms with van der Waals surface area (Å²) in [6.45, 7) is 0. The molecule has 0 unspecified atom stereocenters. The molecular weight excluding hydrogens is 817 g/mol. The summed E-state index contributed by atoms with van der Waals surface area (Å²) in [6.07, 6.45) is 0. The van der Waals surface area contributed by atoms with E-state index in [4.69, 9.17) is 19.9 Å². The second-order valence-corrected chi connectivity index (χ2v) is 16.0. The molecule has 10 rings (SSSR count). The van der Waals surface area contributed by atoms with Gasteiger partial charge >= 0.3 is 0 Å². The molecule has 0 saturated heterocycles. The van der Waals surface area contributed by atoms with Crippen molar-refractivity contribution in [2.24, 2.45) is 9.98 Å². The van der Waals surface area contributed by atoms with Gasteiger partial charge in [0.2, 0.25) is 0 Å². The predicted molar refractivity (Wildman–Crippen MR) is 274 cm³/mol. The van der Waals surface area contributed by atoms with Crippen molar-refractivity contribution >= 4 is 11.5 Å². The first kappa shape index (κ1) is 41.8. The molecule has 9 aromatic carbocycles. The van der Waals surface area contributed by atoms with Gasteiger partial charge in [-0.05, 0) is 74.8 Å². The van der Waals surface area contributed by atoms with Gasteiger partial charge in [0.05, 0.1) is 17.3 Å². The van der Waals surface area contributed by atoms with E-state index in [1.165, 1.54) is 0 Å². The van der Waals surface area contributed by atoms with Crippen LogP contribution in [0.2, 0.25) is 0 Å². The molecule has 0 aliphatic carbocycles. The van der Waals surface area contributed by atoms with Gasteiger partial charge in [-0.2, -0.15) is 5.26 Å². The second-order valence-electron chi connectivity index (χ2n) is 16.0.